The number of urea groups is 1. The number of hydrogen-bond donors (Lipinski definition) is 2. The summed E-state index contributed by atoms with van der Waals surface area (Å²) in [6.45, 7) is 2.66. The third-order valence-electron chi connectivity index (χ3n) is 4.34. The Bertz CT molecular complexity index is 958. The zero-order valence-corrected chi connectivity index (χ0v) is 17.6. The second kappa shape index (κ2) is 9.89. The average molecular weight is 452 g/mol. The van der Waals surface area contributed by atoms with Crippen molar-refractivity contribution in [3.05, 3.63) is 94.5 Å². The number of rotatable bonds is 6. The molecule has 3 amide bonds. The SMILES string of the molecule is Cc1ccc(NC(=O)N(CCNC(=O)c2ccc(Br)cc2)c2ccccc2)cc1. The van der Waals surface area contributed by atoms with Crippen molar-refractivity contribution in [1.29, 1.82) is 0 Å². The van der Waals surface area contributed by atoms with Gasteiger partial charge in [-0.25, -0.2) is 4.79 Å². The second-order valence-corrected chi connectivity index (χ2v) is 7.46. The van der Waals surface area contributed by atoms with Gasteiger partial charge in [0.2, 0.25) is 0 Å². The van der Waals surface area contributed by atoms with Crippen LogP contribution in [0.2, 0.25) is 0 Å². The molecule has 0 radical (unpaired) electrons. The van der Waals surface area contributed by atoms with Crippen LogP contribution < -0.4 is 15.5 Å². The van der Waals surface area contributed by atoms with Crippen molar-refractivity contribution in [1.82, 2.24) is 5.32 Å². The normalized spacial score (nSPS) is 10.3. The van der Waals surface area contributed by atoms with Gasteiger partial charge in [-0.1, -0.05) is 51.8 Å². The van der Waals surface area contributed by atoms with Crippen molar-refractivity contribution in [2.45, 2.75) is 6.92 Å². The molecule has 0 heterocycles. The van der Waals surface area contributed by atoms with Gasteiger partial charge >= 0.3 is 6.03 Å². The van der Waals surface area contributed by atoms with E-state index in [9.17, 15) is 9.59 Å². The van der Waals surface area contributed by atoms with Crippen LogP contribution in [0.1, 0.15) is 15.9 Å². The van der Waals surface area contributed by atoms with Crippen molar-refractivity contribution in [2.75, 3.05) is 23.3 Å². The van der Waals surface area contributed by atoms with Crippen LogP contribution in [0.5, 0.6) is 0 Å². The number of para-hydroxylation sites is 1. The summed E-state index contributed by atoms with van der Waals surface area (Å²) in [6, 6.07) is 23.9. The van der Waals surface area contributed by atoms with Crippen molar-refractivity contribution in [2.24, 2.45) is 0 Å². The predicted molar refractivity (Wildman–Crippen MR) is 120 cm³/mol. The fraction of sp³-hybridized carbons (Fsp3) is 0.130. The molecule has 3 aromatic rings. The van der Waals surface area contributed by atoms with E-state index in [1.807, 2.05) is 73.7 Å². The standard InChI is InChI=1S/C23H22BrN3O2/c1-17-7-13-20(14-8-17)26-23(29)27(21-5-3-2-4-6-21)16-15-25-22(28)18-9-11-19(24)12-10-18/h2-14H,15-16H2,1H3,(H,25,28)(H,26,29). The Morgan fingerprint density at radius 1 is 0.897 bits per heavy atom. The minimum absolute atomic E-state index is 0.176. The lowest BCUT2D eigenvalue weighted by atomic mass is 10.2. The van der Waals surface area contributed by atoms with E-state index in [0.717, 1.165) is 21.4 Å². The number of halogens is 1. The Morgan fingerprint density at radius 2 is 1.55 bits per heavy atom. The van der Waals surface area contributed by atoms with Crippen molar-refractivity contribution in [3.8, 4) is 0 Å². The highest BCUT2D eigenvalue weighted by atomic mass is 79.9. The van der Waals surface area contributed by atoms with Gasteiger partial charge in [-0.15, -0.1) is 0 Å². The summed E-state index contributed by atoms with van der Waals surface area (Å²) in [5.41, 5.74) is 3.18. The molecule has 0 aliphatic rings. The zero-order valence-electron chi connectivity index (χ0n) is 16.1. The first-order valence-corrected chi connectivity index (χ1v) is 10.1. The Kier molecular flexibility index (Phi) is 7.03. The molecule has 3 aromatic carbocycles. The van der Waals surface area contributed by atoms with Gasteiger partial charge in [-0.2, -0.15) is 0 Å². The lowest BCUT2D eigenvalue weighted by Gasteiger charge is -2.23. The molecule has 0 spiro atoms. The van der Waals surface area contributed by atoms with Gasteiger partial charge in [-0.05, 0) is 55.5 Å². The summed E-state index contributed by atoms with van der Waals surface area (Å²) in [6.07, 6.45) is 0. The Hall–Kier alpha value is -3.12. The smallest absolute Gasteiger partial charge is 0.326 e. The molecule has 5 nitrogen and oxygen atoms in total. The van der Waals surface area contributed by atoms with Gasteiger partial charge in [0.1, 0.15) is 0 Å². The number of nitrogens with zero attached hydrogens (tertiary/aromatic N) is 1. The van der Waals surface area contributed by atoms with Crippen LogP contribution >= 0.6 is 15.9 Å². The van der Waals surface area contributed by atoms with E-state index >= 15 is 0 Å². The van der Waals surface area contributed by atoms with Crippen LogP contribution in [0.15, 0.2) is 83.3 Å². The molecule has 3 rings (SSSR count). The molecular weight excluding hydrogens is 430 g/mol. The van der Waals surface area contributed by atoms with E-state index in [0.29, 0.717) is 18.7 Å². The maximum atomic E-state index is 12.9. The molecular formula is C23H22BrN3O2. The number of carbonyl (C=O) groups is 2. The molecule has 0 saturated carbocycles. The van der Waals surface area contributed by atoms with E-state index in [2.05, 4.69) is 26.6 Å². The summed E-state index contributed by atoms with van der Waals surface area (Å²) >= 11 is 3.36. The first-order chi connectivity index (χ1) is 14.0. The number of carbonyl (C=O) groups excluding carboxylic acids is 2. The summed E-state index contributed by atoms with van der Waals surface area (Å²) in [7, 11) is 0. The molecule has 0 aromatic heterocycles. The fourth-order valence-electron chi connectivity index (χ4n) is 2.77. The fourth-order valence-corrected chi connectivity index (χ4v) is 3.03. The second-order valence-electron chi connectivity index (χ2n) is 6.55. The molecule has 0 unspecified atom stereocenters. The summed E-state index contributed by atoms with van der Waals surface area (Å²) in [4.78, 5) is 26.8. The molecule has 2 N–H and O–H groups in total. The van der Waals surface area contributed by atoms with Crippen molar-refractivity contribution < 1.29 is 9.59 Å². The highest BCUT2D eigenvalue weighted by Gasteiger charge is 2.16. The minimum atomic E-state index is -0.252. The molecule has 0 aliphatic carbocycles. The maximum absolute atomic E-state index is 12.9. The minimum Gasteiger partial charge on any atom is -0.350 e. The van der Waals surface area contributed by atoms with Gasteiger partial charge in [0.15, 0.2) is 0 Å². The third kappa shape index (κ3) is 5.93. The molecule has 0 atom stereocenters. The molecule has 0 fully saturated rings. The number of hydrogen-bond acceptors (Lipinski definition) is 2. The van der Waals surface area contributed by atoms with E-state index in [1.165, 1.54) is 0 Å². The number of amides is 3. The van der Waals surface area contributed by atoms with Gasteiger partial charge < -0.3 is 10.6 Å². The topological polar surface area (TPSA) is 61.4 Å². The van der Waals surface area contributed by atoms with Crippen LogP contribution in [0, 0.1) is 6.92 Å². The molecule has 29 heavy (non-hydrogen) atoms. The Labute approximate surface area is 178 Å². The average Bonchev–Trinajstić information content (AvgIpc) is 2.74. The highest BCUT2D eigenvalue weighted by Crippen LogP contribution is 2.16. The monoisotopic (exact) mass is 451 g/mol. The van der Waals surface area contributed by atoms with E-state index in [1.54, 1.807) is 17.0 Å². The first-order valence-electron chi connectivity index (χ1n) is 9.27. The number of benzene rings is 3. The lowest BCUT2D eigenvalue weighted by Crippen LogP contribution is -2.41. The summed E-state index contributed by atoms with van der Waals surface area (Å²) in [5.74, 6) is -0.176. The summed E-state index contributed by atoms with van der Waals surface area (Å²) in [5, 5.41) is 5.78. The first kappa shape index (κ1) is 20.6. The van der Waals surface area contributed by atoms with Crippen LogP contribution in [0.3, 0.4) is 0 Å². The number of nitrogens with one attached hydrogen (secondary N) is 2. The molecule has 6 heteroatoms. The molecule has 0 bridgehead atoms. The Balaban J connectivity index is 1.65. The third-order valence-corrected chi connectivity index (χ3v) is 4.87. The lowest BCUT2D eigenvalue weighted by molar-refractivity contribution is 0.0954. The van der Waals surface area contributed by atoms with E-state index < -0.39 is 0 Å². The van der Waals surface area contributed by atoms with Crippen LogP contribution in [0.25, 0.3) is 0 Å². The van der Waals surface area contributed by atoms with Gasteiger partial charge in [0.05, 0.1) is 0 Å². The molecule has 0 aliphatic heterocycles. The molecule has 0 saturated heterocycles. The summed E-state index contributed by atoms with van der Waals surface area (Å²) < 4.78 is 0.914. The van der Waals surface area contributed by atoms with Crippen LogP contribution in [-0.2, 0) is 0 Å². The van der Waals surface area contributed by atoms with Crippen LogP contribution in [-0.4, -0.2) is 25.0 Å². The quantitative estimate of drug-likeness (QED) is 0.539. The molecule has 148 valence electrons. The van der Waals surface area contributed by atoms with Crippen LogP contribution in [0.4, 0.5) is 16.2 Å². The number of anilines is 2. The Morgan fingerprint density at radius 3 is 2.21 bits per heavy atom. The highest BCUT2D eigenvalue weighted by molar-refractivity contribution is 9.10. The zero-order chi connectivity index (χ0) is 20.6. The van der Waals surface area contributed by atoms with Crippen molar-refractivity contribution in [3.63, 3.8) is 0 Å². The van der Waals surface area contributed by atoms with Crippen molar-refractivity contribution >= 4 is 39.2 Å². The van der Waals surface area contributed by atoms with E-state index in [-0.39, 0.29) is 11.9 Å². The van der Waals surface area contributed by atoms with Gasteiger partial charge in [-0.3, -0.25) is 9.69 Å². The van der Waals surface area contributed by atoms with Gasteiger partial charge in [0, 0.05) is 34.5 Å². The maximum Gasteiger partial charge on any atom is 0.326 e. The largest absolute Gasteiger partial charge is 0.350 e. The van der Waals surface area contributed by atoms with Gasteiger partial charge in [0.25, 0.3) is 5.91 Å². The predicted octanol–water partition coefficient (Wildman–Crippen LogP) is 5.23. The van der Waals surface area contributed by atoms with E-state index in [4.69, 9.17) is 0 Å². The number of aryl methyl sites for hydroxylation is 1.